The minimum Gasteiger partial charge on any atom is -0.754 e. The Morgan fingerprint density at radius 2 is 1.57 bits per heavy atom. The molecule has 61 heavy (non-hydrogen) atoms. The number of carboxylic acids is 1. The molecule has 298 valence electrons. The summed E-state index contributed by atoms with van der Waals surface area (Å²) in [5.74, 6) is -1.53. The third-order valence-corrected chi connectivity index (χ3v) is 12.4. The molecule has 9 nitrogen and oxygen atoms in total. The van der Waals surface area contributed by atoms with E-state index in [4.69, 9.17) is 0 Å². The van der Waals surface area contributed by atoms with Gasteiger partial charge in [0.1, 0.15) is 6.54 Å². The average Bonchev–Trinajstić information content (AvgIpc) is 3.54. The van der Waals surface area contributed by atoms with Crippen molar-refractivity contribution in [2.75, 3.05) is 23.3 Å². The number of nitrogens with zero attached hydrogens (tertiary/aromatic N) is 2. The molecule has 5 aromatic rings. The SMILES string of the molecule is CCN1/C(=C/C=C(/C=C/C2=[N+](CC)c3ccc4cc(C)c[c-]c4c3C2(C)C)CCC(=O)Nc2ccc(C(=O)[O-])cc2)C(C)(C)c2c1ccc1c[c-]cc(S(=O)(=O)[O-])c21.[Na+].[Na+].[Na+]. The minimum absolute atomic E-state index is 0. The van der Waals surface area contributed by atoms with Crippen LogP contribution in [0.3, 0.4) is 0 Å². The molecular weight excluding hydrogens is 816 g/mol. The van der Waals surface area contributed by atoms with E-state index in [2.05, 4.69) is 85.0 Å². The van der Waals surface area contributed by atoms with Crippen molar-refractivity contribution in [3.8, 4) is 0 Å². The van der Waals surface area contributed by atoms with Crippen molar-refractivity contribution < 1.29 is 121 Å². The zero-order valence-corrected chi connectivity index (χ0v) is 43.6. The summed E-state index contributed by atoms with van der Waals surface area (Å²) in [5.41, 5.74) is 7.44. The Bertz CT molecular complexity index is 2770. The molecule has 0 fully saturated rings. The molecule has 5 aromatic carbocycles. The quantitative estimate of drug-likeness (QED) is 0.0605. The van der Waals surface area contributed by atoms with Gasteiger partial charge in [0.15, 0.2) is 11.4 Å². The maximum absolute atomic E-state index is 13.3. The molecule has 0 saturated carbocycles. The molecule has 0 radical (unpaired) electrons. The number of carbonyl (C=O) groups excluding carboxylic acids is 2. The minimum atomic E-state index is -4.79. The summed E-state index contributed by atoms with van der Waals surface area (Å²) in [6.45, 7) is 16.1. The van der Waals surface area contributed by atoms with Crippen molar-refractivity contribution in [3.05, 3.63) is 143 Å². The summed E-state index contributed by atoms with van der Waals surface area (Å²) in [7, 11) is -4.79. The summed E-state index contributed by atoms with van der Waals surface area (Å²) in [6, 6.07) is 27.5. The van der Waals surface area contributed by atoms with Gasteiger partial charge in [-0.15, -0.1) is 51.4 Å². The van der Waals surface area contributed by atoms with Crippen LogP contribution in [-0.4, -0.2) is 48.2 Å². The van der Waals surface area contributed by atoms with Crippen LogP contribution in [0.4, 0.5) is 17.1 Å². The Morgan fingerprint density at radius 1 is 0.885 bits per heavy atom. The van der Waals surface area contributed by atoms with Gasteiger partial charge in [-0.05, 0) is 77.8 Å². The van der Waals surface area contributed by atoms with Gasteiger partial charge in [0, 0.05) is 46.9 Å². The van der Waals surface area contributed by atoms with Crippen molar-refractivity contribution >= 4 is 66.3 Å². The first-order valence-electron chi connectivity index (χ1n) is 19.5. The van der Waals surface area contributed by atoms with E-state index in [1.807, 2.05) is 51.1 Å². The smallest absolute Gasteiger partial charge is 0.754 e. The molecule has 0 bridgehead atoms. The van der Waals surface area contributed by atoms with Crippen molar-refractivity contribution in [2.24, 2.45) is 0 Å². The summed E-state index contributed by atoms with van der Waals surface area (Å²) < 4.78 is 39.9. The Balaban J connectivity index is 0.00000273. The number of nitrogens with one attached hydrogen (secondary N) is 1. The van der Waals surface area contributed by atoms with Crippen molar-refractivity contribution in [3.63, 3.8) is 0 Å². The Kier molecular flexibility index (Phi) is 16.6. The summed E-state index contributed by atoms with van der Waals surface area (Å²) in [6.07, 6.45) is 8.79. The molecule has 2 heterocycles. The standard InChI is InChI=1S/C48H48N3O6S.3Na/c1-8-50-37-25-20-34-29-30(3)13-23-36(34)44(37)47(4,5)40(50)26-14-31(16-28-42(52)49-35-21-17-33(18-22-35)46(53)54)15-27-41-48(6,7)45-38(51(41)9-2)24-19-32-11-10-12-39(43(32)45)58(55,56)57;;;/h11-15,17-22,24-27,29H,8-9,16,28H2,1-7H3,(H,49,52)(H,53,54)(H,55,56,57);;;/q-1;3*+1/p-2. The fraction of sp³-hybridized carbons (Fsp3) is 0.271. The molecule has 13 heteroatoms. The maximum Gasteiger partial charge on any atom is 1.00 e. The number of likely N-dealkylation sites (N-methyl/N-ethyl adjacent to an activating group) is 1. The van der Waals surface area contributed by atoms with Crippen LogP contribution in [0.2, 0.25) is 0 Å². The molecule has 1 N–H and O–H groups in total. The number of fused-ring (bicyclic) bond motifs is 6. The molecule has 2 aliphatic heterocycles. The number of hydrogen-bond acceptors (Lipinski definition) is 7. The predicted molar refractivity (Wildman–Crippen MR) is 227 cm³/mol. The van der Waals surface area contributed by atoms with Crippen LogP contribution in [-0.2, 0) is 25.7 Å². The van der Waals surface area contributed by atoms with E-state index in [0.29, 0.717) is 29.4 Å². The van der Waals surface area contributed by atoms with Crippen LogP contribution >= 0.6 is 0 Å². The van der Waals surface area contributed by atoms with Gasteiger partial charge < -0.3 is 24.7 Å². The van der Waals surface area contributed by atoms with Crippen molar-refractivity contribution in [2.45, 2.75) is 77.0 Å². The zero-order chi connectivity index (χ0) is 41.7. The van der Waals surface area contributed by atoms with Gasteiger partial charge in [-0.2, -0.15) is 18.2 Å². The number of aromatic carboxylic acids is 1. The number of carboxylic acid groups (broad SMARTS) is 1. The van der Waals surface area contributed by atoms with E-state index >= 15 is 0 Å². The van der Waals surface area contributed by atoms with E-state index in [9.17, 15) is 27.7 Å². The van der Waals surface area contributed by atoms with Crippen molar-refractivity contribution in [1.82, 2.24) is 0 Å². The third-order valence-electron chi connectivity index (χ3n) is 11.5. The third kappa shape index (κ3) is 9.81. The summed E-state index contributed by atoms with van der Waals surface area (Å²) in [4.78, 5) is 26.4. The number of benzene rings is 5. The van der Waals surface area contributed by atoms with E-state index in [0.717, 1.165) is 56.8 Å². The molecule has 0 atom stereocenters. The number of amides is 1. The van der Waals surface area contributed by atoms with E-state index in [-0.39, 0.29) is 117 Å². The van der Waals surface area contributed by atoms with Gasteiger partial charge in [-0.25, -0.2) is 4.58 Å². The van der Waals surface area contributed by atoms with Gasteiger partial charge in [-0.3, -0.25) is 13.2 Å². The van der Waals surface area contributed by atoms with Gasteiger partial charge >= 0.3 is 88.7 Å². The maximum atomic E-state index is 13.3. The first-order valence-corrected chi connectivity index (χ1v) is 20.9. The van der Waals surface area contributed by atoms with Crippen molar-refractivity contribution in [1.29, 1.82) is 0 Å². The molecule has 7 rings (SSSR count). The second-order valence-corrected chi connectivity index (χ2v) is 17.3. The Morgan fingerprint density at radius 3 is 2.21 bits per heavy atom. The number of anilines is 2. The number of rotatable bonds is 11. The second kappa shape index (κ2) is 19.9. The van der Waals surface area contributed by atoms with Gasteiger partial charge in [-0.1, -0.05) is 65.0 Å². The Labute approximate surface area is 425 Å². The first kappa shape index (κ1) is 50.8. The van der Waals surface area contributed by atoms with Gasteiger partial charge in [0.25, 0.3) is 0 Å². The summed E-state index contributed by atoms with van der Waals surface area (Å²) >= 11 is 0. The largest absolute Gasteiger partial charge is 1.00 e. The number of aryl methyl sites for hydroxylation is 1. The number of hydrogen-bond donors (Lipinski definition) is 1. The van der Waals surface area contributed by atoms with E-state index in [1.54, 1.807) is 6.07 Å². The first-order chi connectivity index (χ1) is 27.5. The van der Waals surface area contributed by atoms with E-state index < -0.39 is 21.5 Å². The topological polar surface area (TPSA) is 133 Å². The molecule has 0 saturated heterocycles. The van der Waals surface area contributed by atoms with Crippen LogP contribution in [0.5, 0.6) is 0 Å². The fourth-order valence-electron chi connectivity index (χ4n) is 8.78. The molecule has 0 spiro atoms. The zero-order valence-electron chi connectivity index (χ0n) is 36.8. The number of allylic oxidation sites excluding steroid dienone is 6. The van der Waals surface area contributed by atoms with Crippen LogP contribution in [0, 0.1) is 19.1 Å². The van der Waals surface area contributed by atoms with Crippen LogP contribution in [0.15, 0.2) is 113 Å². The normalized spacial score (nSPS) is 16.0. The fourth-order valence-corrected chi connectivity index (χ4v) is 9.46. The molecule has 0 unspecified atom stereocenters. The molecule has 0 aliphatic carbocycles. The van der Waals surface area contributed by atoms with Crippen LogP contribution < -0.4 is 104 Å². The van der Waals surface area contributed by atoms with Gasteiger partial charge in [0.05, 0.1) is 16.1 Å². The molecule has 1 amide bonds. The monoisotopic (exact) mass is 861 g/mol. The summed E-state index contributed by atoms with van der Waals surface area (Å²) in [5, 5.41) is 17.4. The second-order valence-electron chi connectivity index (χ2n) is 16.0. The average molecular weight is 862 g/mol. The molecule has 0 aromatic heterocycles. The predicted octanol–water partition coefficient (Wildman–Crippen LogP) is -0.819. The molecule has 2 aliphatic rings. The van der Waals surface area contributed by atoms with Crippen LogP contribution in [0.25, 0.3) is 21.5 Å². The van der Waals surface area contributed by atoms with Crippen LogP contribution in [0.1, 0.15) is 81.4 Å². The Hall–Kier alpha value is -2.84. The molecular formula is C48H46N3Na3O6S. The van der Waals surface area contributed by atoms with Gasteiger partial charge in [0.2, 0.25) is 5.91 Å². The number of carbonyl (C=O) groups is 2. The van der Waals surface area contributed by atoms with E-state index in [1.165, 1.54) is 35.9 Å².